The highest BCUT2D eigenvalue weighted by Crippen LogP contribution is 2.18. The molecule has 0 unspecified atom stereocenters. The molecule has 0 atom stereocenters. The third kappa shape index (κ3) is 5.11. The summed E-state index contributed by atoms with van der Waals surface area (Å²) in [6, 6.07) is 26.4. The predicted octanol–water partition coefficient (Wildman–Crippen LogP) is 5.81. The van der Waals surface area contributed by atoms with E-state index in [1.807, 2.05) is 30.3 Å². The summed E-state index contributed by atoms with van der Waals surface area (Å²) < 4.78 is 0. The number of hydrogen-bond acceptors (Lipinski definition) is 3. The molecule has 0 spiro atoms. The van der Waals surface area contributed by atoms with E-state index in [4.69, 9.17) is 11.6 Å². The van der Waals surface area contributed by atoms with Crippen molar-refractivity contribution < 1.29 is 0 Å². The summed E-state index contributed by atoms with van der Waals surface area (Å²) in [6.07, 6.45) is 1.80. The summed E-state index contributed by atoms with van der Waals surface area (Å²) in [5.41, 5.74) is 7.41. The first-order valence-corrected chi connectivity index (χ1v) is 9.06. The minimum Gasteiger partial charge on any atom is -0.367 e. The molecule has 132 valence electrons. The zero-order chi connectivity index (χ0) is 18.2. The zero-order valence-corrected chi connectivity index (χ0v) is 15.5. The lowest BCUT2D eigenvalue weighted by atomic mass is 10.1. The topological polar surface area (TPSA) is 27.6 Å². The van der Waals surface area contributed by atoms with Crippen LogP contribution in [0.2, 0.25) is 5.02 Å². The Bertz CT molecular complexity index is 845. The standard InChI is InChI=1S/C22H22ClN3/c1-2-26(17-19-7-4-3-5-8-19)22-13-11-18(12-14-22)16-24-25-21-10-6-9-20(23)15-21/h3-16,25H,2,17H2,1H3/b24-16+. The number of nitrogens with zero attached hydrogens (tertiary/aromatic N) is 2. The van der Waals surface area contributed by atoms with Gasteiger partial charge in [-0.3, -0.25) is 5.43 Å². The lowest BCUT2D eigenvalue weighted by molar-refractivity contribution is 0.832. The first-order valence-electron chi connectivity index (χ1n) is 8.68. The molecule has 0 amide bonds. The van der Waals surface area contributed by atoms with E-state index in [1.165, 1.54) is 11.3 Å². The van der Waals surface area contributed by atoms with E-state index in [9.17, 15) is 0 Å². The van der Waals surface area contributed by atoms with Gasteiger partial charge < -0.3 is 4.90 Å². The van der Waals surface area contributed by atoms with Crippen LogP contribution >= 0.6 is 11.6 Å². The second-order valence-corrected chi connectivity index (χ2v) is 6.41. The maximum Gasteiger partial charge on any atom is 0.0576 e. The predicted molar refractivity (Wildman–Crippen MR) is 112 cm³/mol. The Morgan fingerprint density at radius 1 is 0.962 bits per heavy atom. The normalized spacial score (nSPS) is 10.8. The summed E-state index contributed by atoms with van der Waals surface area (Å²) >= 11 is 5.96. The summed E-state index contributed by atoms with van der Waals surface area (Å²) in [6.45, 7) is 4.03. The van der Waals surface area contributed by atoms with Crippen LogP contribution in [0.15, 0.2) is 84.0 Å². The molecule has 3 aromatic rings. The molecule has 3 rings (SSSR count). The van der Waals surface area contributed by atoms with Crippen LogP contribution in [0.25, 0.3) is 0 Å². The second kappa shape index (κ2) is 9.07. The summed E-state index contributed by atoms with van der Waals surface area (Å²) in [7, 11) is 0. The molecule has 3 nitrogen and oxygen atoms in total. The van der Waals surface area contributed by atoms with Gasteiger partial charge in [0.05, 0.1) is 11.9 Å². The third-order valence-electron chi connectivity index (χ3n) is 4.09. The molecule has 4 heteroatoms. The molecule has 0 saturated carbocycles. The van der Waals surface area contributed by atoms with Crippen molar-refractivity contribution in [2.45, 2.75) is 13.5 Å². The van der Waals surface area contributed by atoms with Crippen molar-refractivity contribution in [2.75, 3.05) is 16.9 Å². The minimum atomic E-state index is 0.688. The number of benzene rings is 3. The van der Waals surface area contributed by atoms with Crippen LogP contribution in [-0.2, 0) is 6.54 Å². The summed E-state index contributed by atoms with van der Waals surface area (Å²) in [5, 5.41) is 4.96. The van der Waals surface area contributed by atoms with Gasteiger partial charge in [-0.15, -0.1) is 0 Å². The van der Waals surface area contributed by atoms with Crippen LogP contribution in [0.5, 0.6) is 0 Å². The van der Waals surface area contributed by atoms with Crippen LogP contribution < -0.4 is 10.3 Å². The van der Waals surface area contributed by atoms with E-state index in [0.29, 0.717) is 5.02 Å². The van der Waals surface area contributed by atoms with Gasteiger partial charge >= 0.3 is 0 Å². The maximum absolute atomic E-state index is 5.96. The molecule has 0 heterocycles. The van der Waals surface area contributed by atoms with Gasteiger partial charge in [-0.05, 0) is 48.4 Å². The lowest BCUT2D eigenvalue weighted by Crippen LogP contribution is -2.21. The molecule has 0 aliphatic heterocycles. The molecular formula is C22H22ClN3. The molecule has 3 aromatic carbocycles. The van der Waals surface area contributed by atoms with E-state index in [0.717, 1.165) is 24.3 Å². The van der Waals surface area contributed by atoms with Crippen molar-refractivity contribution in [3.63, 3.8) is 0 Å². The highest BCUT2D eigenvalue weighted by Gasteiger charge is 2.05. The fourth-order valence-electron chi connectivity index (χ4n) is 2.70. The van der Waals surface area contributed by atoms with Gasteiger partial charge in [0.2, 0.25) is 0 Å². The van der Waals surface area contributed by atoms with Crippen LogP contribution in [-0.4, -0.2) is 12.8 Å². The van der Waals surface area contributed by atoms with Crippen LogP contribution in [0.1, 0.15) is 18.1 Å². The summed E-state index contributed by atoms with van der Waals surface area (Å²) in [5.74, 6) is 0. The largest absolute Gasteiger partial charge is 0.367 e. The van der Waals surface area contributed by atoms with E-state index < -0.39 is 0 Å². The number of nitrogens with one attached hydrogen (secondary N) is 1. The Morgan fingerprint density at radius 2 is 1.73 bits per heavy atom. The number of anilines is 2. The Balaban J connectivity index is 1.62. The van der Waals surface area contributed by atoms with Crippen molar-refractivity contribution >= 4 is 29.2 Å². The van der Waals surface area contributed by atoms with Gasteiger partial charge in [-0.2, -0.15) is 5.10 Å². The van der Waals surface area contributed by atoms with E-state index in [1.54, 1.807) is 6.21 Å². The molecule has 0 fully saturated rings. The quantitative estimate of drug-likeness (QED) is 0.423. The van der Waals surface area contributed by atoms with E-state index in [-0.39, 0.29) is 0 Å². The second-order valence-electron chi connectivity index (χ2n) is 5.97. The molecule has 0 radical (unpaired) electrons. The van der Waals surface area contributed by atoms with Gasteiger partial charge in [0, 0.05) is 23.8 Å². The third-order valence-corrected chi connectivity index (χ3v) is 4.32. The fraction of sp³-hybridized carbons (Fsp3) is 0.136. The maximum atomic E-state index is 5.96. The van der Waals surface area contributed by atoms with Crippen LogP contribution in [0.4, 0.5) is 11.4 Å². The number of halogens is 1. The van der Waals surface area contributed by atoms with Gasteiger partial charge in [0.1, 0.15) is 0 Å². The SMILES string of the molecule is CCN(Cc1ccccc1)c1ccc(/C=N/Nc2cccc(Cl)c2)cc1. The van der Waals surface area contributed by atoms with Gasteiger partial charge in [-0.1, -0.05) is 60.1 Å². The first kappa shape index (κ1) is 18.0. The minimum absolute atomic E-state index is 0.688. The highest BCUT2D eigenvalue weighted by molar-refractivity contribution is 6.30. The smallest absolute Gasteiger partial charge is 0.0576 e. The molecule has 0 saturated heterocycles. The zero-order valence-electron chi connectivity index (χ0n) is 14.8. The van der Waals surface area contributed by atoms with Gasteiger partial charge in [-0.25, -0.2) is 0 Å². The van der Waals surface area contributed by atoms with Crippen molar-refractivity contribution in [1.82, 2.24) is 0 Å². The molecule has 1 N–H and O–H groups in total. The van der Waals surface area contributed by atoms with Crippen LogP contribution in [0.3, 0.4) is 0 Å². The van der Waals surface area contributed by atoms with E-state index >= 15 is 0 Å². The average molecular weight is 364 g/mol. The first-order chi connectivity index (χ1) is 12.7. The van der Waals surface area contributed by atoms with Gasteiger partial charge in [0.25, 0.3) is 0 Å². The highest BCUT2D eigenvalue weighted by atomic mass is 35.5. The monoisotopic (exact) mass is 363 g/mol. The Labute approximate surface area is 159 Å². The molecule has 0 aromatic heterocycles. The van der Waals surface area contributed by atoms with Crippen molar-refractivity contribution in [3.8, 4) is 0 Å². The molecule has 0 aliphatic rings. The Kier molecular flexibility index (Phi) is 6.29. The number of hydrazone groups is 1. The Hall–Kier alpha value is -2.78. The fourth-order valence-corrected chi connectivity index (χ4v) is 2.89. The molecular weight excluding hydrogens is 342 g/mol. The molecule has 0 bridgehead atoms. The molecule has 0 aliphatic carbocycles. The van der Waals surface area contributed by atoms with Gasteiger partial charge in [0.15, 0.2) is 0 Å². The Morgan fingerprint density at radius 3 is 2.42 bits per heavy atom. The average Bonchev–Trinajstić information content (AvgIpc) is 2.68. The van der Waals surface area contributed by atoms with Crippen molar-refractivity contribution in [2.24, 2.45) is 5.10 Å². The lowest BCUT2D eigenvalue weighted by Gasteiger charge is -2.23. The van der Waals surface area contributed by atoms with Crippen LogP contribution in [0, 0.1) is 0 Å². The van der Waals surface area contributed by atoms with E-state index in [2.05, 4.69) is 70.9 Å². The van der Waals surface area contributed by atoms with Crippen molar-refractivity contribution in [3.05, 3.63) is 95.0 Å². The number of hydrogen-bond donors (Lipinski definition) is 1. The molecule has 26 heavy (non-hydrogen) atoms. The summed E-state index contributed by atoms with van der Waals surface area (Å²) in [4.78, 5) is 2.35. The number of rotatable bonds is 7. The van der Waals surface area contributed by atoms with Crippen molar-refractivity contribution in [1.29, 1.82) is 0 Å².